The number of sulfonamides is 1. The van der Waals surface area contributed by atoms with E-state index in [0.29, 0.717) is 12.2 Å². The SMILES string of the molecule is CCCC(O)CNS(=O)(=O)c1ccc(OC)c(Cl)c1. The highest BCUT2D eigenvalue weighted by Crippen LogP contribution is 2.26. The van der Waals surface area contributed by atoms with Crippen molar-refractivity contribution in [1.29, 1.82) is 0 Å². The highest BCUT2D eigenvalue weighted by molar-refractivity contribution is 7.89. The summed E-state index contributed by atoms with van der Waals surface area (Å²) >= 11 is 5.88. The Morgan fingerprint density at radius 3 is 2.68 bits per heavy atom. The van der Waals surface area contributed by atoms with Gasteiger partial charge in [0.2, 0.25) is 10.0 Å². The monoisotopic (exact) mass is 307 g/mol. The van der Waals surface area contributed by atoms with Gasteiger partial charge in [0.25, 0.3) is 0 Å². The molecule has 0 bridgehead atoms. The molecule has 0 amide bonds. The van der Waals surface area contributed by atoms with Crippen LogP contribution >= 0.6 is 11.6 Å². The van der Waals surface area contributed by atoms with Crippen LogP contribution in [0.1, 0.15) is 19.8 Å². The van der Waals surface area contributed by atoms with Crippen molar-refractivity contribution in [2.75, 3.05) is 13.7 Å². The normalized spacial score (nSPS) is 13.3. The van der Waals surface area contributed by atoms with Crippen molar-refractivity contribution >= 4 is 21.6 Å². The maximum atomic E-state index is 12.0. The van der Waals surface area contributed by atoms with Gasteiger partial charge in [-0.2, -0.15) is 0 Å². The molecule has 108 valence electrons. The smallest absolute Gasteiger partial charge is 0.240 e. The topological polar surface area (TPSA) is 75.6 Å². The van der Waals surface area contributed by atoms with Gasteiger partial charge in [-0.15, -0.1) is 0 Å². The first-order valence-corrected chi connectivity index (χ1v) is 7.78. The first kappa shape index (κ1) is 16.2. The quantitative estimate of drug-likeness (QED) is 0.805. The number of hydrogen-bond acceptors (Lipinski definition) is 4. The van der Waals surface area contributed by atoms with Crippen LogP contribution in [-0.2, 0) is 10.0 Å². The van der Waals surface area contributed by atoms with Crippen molar-refractivity contribution in [3.63, 3.8) is 0 Å². The summed E-state index contributed by atoms with van der Waals surface area (Å²) in [5.41, 5.74) is 0. The van der Waals surface area contributed by atoms with Gasteiger partial charge in [-0.3, -0.25) is 0 Å². The van der Waals surface area contributed by atoms with Crippen LogP contribution in [0, 0.1) is 0 Å². The Morgan fingerprint density at radius 2 is 2.16 bits per heavy atom. The van der Waals surface area contributed by atoms with Gasteiger partial charge in [0.1, 0.15) is 5.75 Å². The molecule has 1 unspecified atom stereocenters. The Bertz CT molecular complexity index is 518. The molecule has 0 radical (unpaired) electrons. The first-order chi connectivity index (χ1) is 8.90. The van der Waals surface area contributed by atoms with Crippen molar-refractivity contribution < 1.29 is 18.3 Å². The van der Waals surface area contributed by atoms with Crippen molar-refractivity contribution in [1.82, 2.24) is 4.72 Å². The van der Waals surface area contributed by atoms with E-state index in [1.807, 2.05) is 6.92 Å². The van der Waals surface area contributed by atoms with E-state index in [1.165, 1.54) is 25.3 Å². The molecular formula is C12H18ClNO4S. The van der Waals surface area contributed by atoms with Gasteiger partial charge in [-0.05, 0) is 24.6 Å². The molecule has 0 fully saturated rings. The predicted molar refractivity (Wildman–Crippen MR) is 74.1 cm³/mol. The number of aliphatic hydroxyl groups is 1. The lowest BCUT2D eigenvalue weighted by atomic mass is 10.2. The van der Waals surface area contributed by atoms with E-state index in [4.69, 9.17) is 16.3 Å². The summed E-state index contributed by atoms with van der Waals surface area (Å²) in [5, 5.41) is 9.74. The summed E-state index contributed by atoms with van der Waals surface area (Å²) in [6.07, 6.45) is 0.650. The van der Waals surface area contributed by atoms with E-state index in [2.05, 4.69) is 4.72 Å². The molecule has 7 heteroatoms. The second-order valence-electron chi connectivity index (χ2n) is 4.09. The Morgan fingerprint density at radius 1 is 1.47 bits per heavy atom. The maximum absolute atomic E-state index is 12.0. The Hall–Kier alpha value is -0.820. The minimum atomic E-state index is -3.67. The molecular weight excluding hydrogens is 290 g/mol. The lowest BCUT2D eigenvalue weighted by Gasteiger charge is -2.12. The third kappa shape index (κ3) is 4.65. The van der Waals surface area contributed by atoms with Crippen LogP contribution in [0.3, 0.4) is 0 Å². The minimum Gasteiger partial charge on any atom is -0.495 e. The Labute approximate surface area is 118 Å². The number of rotatable bonds is 7. The fourth-order valence-electron chi connectivity index (χ4n) is 1.54. The van der Waals surface area contributed by atoms with Crippen LogP contribution in [0.25, 0.3) is 0 Å². The molecule has 0 aliphatic carbocycles. The predicted octanol–water partition coefficient (Wildman–Crippen LogP) is 1.79. The summed E-state index contributed by atoms with van der Waals surface area (Å²) < 4.78 is 31.2. The standard InChI is InChI=1S/C12H18ClNO4S/c1-3-4-9(15)8-14-19(16,17)10-5-6-12(18-2)11(13)7-10/h5-7,9,14-15H,3-4,8H2,1-2H3. The van der Waals surface area contributed by atoms with Gasteiger partial charge in [-0.1, -0.05) is 24.9 Å². The van der Waals surface area contributed by atoms with Crippen LogP contribution in [0.4, 0.5) is 0 Å². The van der Waals surface area contributed by atoms with E-state index >= 15 is 0 Å². The highest BCUT2D eigenvalue weighted by Gasteiger charge is 2.17. The molecule has 0 saturated carbocycles. The van der Waals surface area contributed by atoms with Gasteiger partial charge < -0.3 is 9.84 Å². The minimum absolute atomic E-state index is 0.0141. The number of nitrogens with one attached hydrogen (secondary N) is 1. The largest absolute Gasteiger partial charge is 0.495 e. The third-order valence-corrected chi connectivity index (χ3v) is 4.28. The zero-order chi connectivity index (χ0) is 14.5. The van der Waals surface area contributed by atoms with Crippen molar-refractivity contribution in [2.24, 2.45) is 0 Å². The first-order valence-electron chi connectivity index (χ1n) is 5.92. The summed E-state index contributed by atoms with van der Waals surface area (Å²) in [5.74, 6) is 0.409. The second kappa shape index (κ2) is 7.09. The Balaban J connectivity index is 2.80. The van der Waals surface area contributed by atoms with E-state index < -0.39 is 16.1 Å². The van der Waals surface area contributed by atoms with Gasteiger partial charge in [0.15, 0.2) is 0 Å². The molecule has 19 heavy (non-hydrogen) atoms. The van der Waals surface area contributed by atoms with Gasteiger partial charge in [-0.25, -0.2) is 13.1 Å². The van der Waals surface area contributed by atoms with Crippen molar-refractivity contribution in [3.05, 3.63) is 23.2 Å². The zero-order valence-electron chi connectivity index (χ0n) is 10.9. The molecule has 1 rings (SSSR count). The molecule has 0 heterocycles. The molecule has 0 spiro atoms. The Kier molecular flexibility index (Phi) is 6.06. The average molecular weight is 308 g/mol. The van der Waals surface area contributed by atoms with Crippen molar-refractivity contribution in [2.45, 2.75) is 30.8 Å². The average Bonchev–Trinajstić information content (AvgIpc) is 2.37. The lowest BCUT2D eigenvalue weighted by Crippen LogP contribution is -2.32. The van der Waals surface area contributed by atoms with Crippen LogP contribution in [0.5, 0.6) is 5.75 Å². The fraction of sp³-hybridized carbons (Fsp3) is 0.500. The number of hydrogen-bond donors (Lipinski definition) is 2. The van der Waals surface area contributed by atoms with Crippen LogP contribution in [0.15, 0.2) is 23.1 Å². The van der Waals surface area contributed by atoms with Gasteiger partial charge in [0, 0.05) is 6.54 Å². The molecule has 1 atom stereocenters. The lowest BCUT2D eigenvalue weighted by molar-refractivity contribution is 0.167. The molecule has 1 aromatic carbocycles. The number of methoxy groups -OCH3 is 1. The van der Waals surface area contributed by atoms with E-state index in [-0.39, 0.29) is 16.5 Å². The van der Waals surface area contributed by atoms with E-state index in [0.717, 1.165) is 6.42 Å². The zero-order valence-corrected chi connectivity index (χ0v) is 12.5. The molecule has 0 saturated heterocycles. The second-order valence-corrected chi connectivity index (χ2v) is 6.26. The fourth-order valence-corrected chi connectivity index (χ4v) is 2.96. The van der Waals surface area contributed by atoms with Crippen LogP contribution < -0.4 is 9.46 Å². The van der Waals surface area contributed by atoms with Crippen LogP contribution in [-0.4, -0.2) is 33.3 Å². The van der Waals surface area contributed by atoms with Gasteiger partial charge in [0.05, 0.1) is 23.1 Å². The maximum Gasteiger partial charge on any atom is 0.240 e. The molecule has 2 N–H and O–H groups in total. The number of halogens is 1. The molecule has 0 aromatic heterocycles. The molecule has 1 aromatic rings. The number of ether oxygens (including phenoxy) is 1. The van der Waals surface area contributed by atoms with Gasteiger partial charge >= 0.3 is 0 Å². The summed E-state index contributed by atoms with van der Waals surface area (Å²) in [7, 11) is -2.22. The number of benzene rings is 1. The van der Waals surface area contributed by atoms with Crippen LogP contribution in [0.2, 0.25) is 5.02 Å². The summed E-state index contributed by atoms with van der Waals surface area (Å²) in [6.45, 7) is 1.90. The number of aliphatic hydroxyl groups excluding tert-OH is 1. The molecule has 0 aliphatic rings. The van der Waals surface area contributed by atoms with Crippen molar-refractivity contribution in [3.8, 4) is 5.75 Å². The van der Waals surface area contributed by atoms with E-state index in [1.54, 1.807) is 0 Å². The summed E-state index contributed by atoms with van der Waals surface area (Å²) in [4.78, 5) is 0.0435. The molecule has 5 nitrogen and oxygen atoms in total. The summed E-state index contributed by atoms with van der Waals surface area (Å²) in [6, 6.07) is 4.20. The third-order valence-electron chi connectivity index (χ3n) is 2.56. The highest BCUT2D eigenvalue weighted by atomic mass is 35.5. The molecule has 0 aliphatic heterocycles. The van der Waals surface area contributed by atoms with E-state index in [9.17, 15) is 13.5 Å².